The molecule has 0 atom stereocenters. The summed E-state index contributed by atoms with van der Waals surface area (Å²) >= 11 is 1.31. The zero-order valence-electron chi connectivity index (χ0n) is 17.8. The van der Waals surface area contributed by atoms with Crippen molar-refractivity contribution >= 4 is 22.7 Å². The number of ether oxygens (including phenoxy) is 2. The minimum Gasteiger partial charge on any atom is -0.493 e. The molecule has 166 valence electrons. The highest BCUT2D eigenvalue weighted by Crippen LogP contribution is 2.36. The first kappa shape index (κ1) is 21.8. The Labute approximate surface area is 187 Å². The molecule has 8 nitrogen and oxygen atoms in total. The maximum Gasteiger partial charge on any atom is 0.262 e. The van der Waals surface area contributed by atoms with Crippen LogP contribution in [0.1, 0.15) is 19.2 Å². The van der Waals surface area contributed by atoms with Crippen LogP contribution in [0.3, 0.4) is 0 Å². The van der Waals surface area contributed by atoms with Crippen LogP contribution in [0.15, 0.2) is 50.9 Å². The van der Waals surface area contributed by atoms with Crippen LogP contribution >= 0.6 is 11.8 Å². The van der Waals surface area contributed by atoms with Gasteiger partial charge in [0.1, 0.15) is 5.82 Å². The Hall–Kier alpha value is -3.40. The smallest absolute Gasteiger partial charge is 0.262 e. The van der Waals surface area contributed by atoms with Gasteiger partial charge in [0, 0.05) is 6.54 Å². The van der Waals surface area contributed by atoms with Crippen LogP contribution in [0.2, 0.25) is 0 Å². The van der Waals surface area contributed by atoms with Crippen LogP contribution in [-0.2, 0) is 12.3 Å². The van der Waals surface area contributed by atoms with Crippen LogP contribution in [-0.4, -0.2) is 33.9 Å². The van der Waals surface area contributed by atoms with Crippen molar-refractivity contribution in [1.82, 2.24) is 19.7 Å². The molecular weight excluding hydrogens is 435 g/mol. The SMILES string of the molecule is CCCn1c(SCc2nc(-c3cccc(OC)c3OC)no2)nc2ccc(F)cc2c1=O. The van der Waals surface area contributed by atoms with Crippen molar-refractivity contribution in [3.05, 3.63) is 58.5 Å². The molecule has 0 aliphatic carbocycles. The lowest BCUT2D eigenvalue weighted by Crippen LogP contribution is -2.23. The van der Waals surface area contributed by atoms with Gasteiger partial charge in [-0.1, -0.05) is 29.9 Å². The number of methoxy groups -OCH3 is 2. The molecule has 0 spiro atoms. The molecule has 0 bridgehead atoms. The second-order valence-corrected chi connectivity index (χ2v) is 7.80. The number of para-hydroxylation sites is 1. The summed E-state index contributed by atoms with van der Waals surface area (Å²) in [6, 6.07) is 9.42. The average Bonchev–Trinajstić information content (AvgIpc) is 3.28. The average molecular weight is 456 g/mol. The molecule has 0 amide bonds. The van der Waals surface area contributed by atoms with Crippen molar-refractivity contribution in [3.63, 3.8) is 0 Å². The lowest BCUT2D eigenvalue weighted by atomic mass is 10.2. The zero-order valence-corrected chi connectivity index (χ0v) is 18.6. The summed E-state index contributed by atoms with van der Waals surface area (Å²) in [5, 5.41) is 4.82. The largest absolute Gasteiger partial charge is 0.493 e. The van der Waals surface area contributed by atoms with Gasteiger partial charge in [-0.05, 0) is 36.8 Å². The molecule has 10 heteroatoms. The number of halogens is 1. The molecule has 0 unspecified atom stereocenters. The molecule has 4 rings (SSSR count). The summed E-state index contributed by atoms with van der Waals surface area (Å²) < 4.78 is 31.3. The lowest BCUT2D eigenvalue weighted by Gasteiger charge is -2.11. The minimum atomic E-state index is -0.466. The Morgan fingerprint density at radius 3 is 2.75 bits per heavy atom. The number of aromatic nitrogens is 4. The predicted molar refractivity (Wildman–Crippen MR) is 119 cm³/mol. The first-order chi connectivity index (χ1) is 15.5. The molecule has 0 saturated carbocycles. The minimum absolute atomic E-state index is 0.257. The Morgan fingerprint density at radius 1 is 1.16 bits per heavy atom. The van der Waals surface area contributed by atoms with Gasteiger partial charge in [-0.3, -0.25) is 9.36 Å². The highest BCUT2D eigenvalue weighted by atomic mass is 32.2. The second kappa shape index (κ2) is 9.39. The van der Waals surface area contributed by atoms with Crippen LogP contribution in [0, 0.1) is 5.82 Å². The summed E-state index contributed by atoms with van der Waals surface area (Å²) in [4.78, 5) is 21.9. The van der Waals surface area contributed by atoms with E-state index in [2.05, 4.69) is 15.1 Å². The first-order valence-corrected chi connectivity index (χ1v) is 10.9. The molecule has 2 heterocycles. The number of benzene rings is 2. The number of fused-ring (bicyclic) bond motifs is 1. The van der Waals surface area contributed by atoms with E-state index in [9.17, 15) is 9.18 Å². The second-order valence-electron chi connectivity index (χ2n) is 6.85. The van der Waals surface area contributed by atoms with Crippen LogP contribution in [0.4, 0.5) is 4.39 Å². The van der Waals surface area contributed by atoms with Crippen molar-refractivity contribution in [2.24, 2.45) is 0 Å². The van der Waals surface area contributed by atoms with E-state index >= 15 is 0 Å². The molecule has 2 aromatic carbocycles. The Kier molecular flexibility index (Phi) is 6.40. The van der Waals surface area contributed by atoms with Crippen molar-refractivity contribution in [1.29, 1.82) is 0 Å². The quantitative estimate of drug-likeness (QED) is 0.286. The summed E-state index contributed by atoms with van der Waals surface area (Å²) in [6.45, 7) is 2.43. The number of thioether (sulfide) groups is 1. The number of rotatable bonds is 8. The maximum absolute atomic E-state index is 13.6. The van der Waals surface area contributed by atoms with Crippen molar-refractivity contribution in [2.75, 3.05) is 14.2 Å². The van der Waals surface area contributed by atoms with Gasteiger partial charge >= 0.3 is 0 Å². The third-order valence-corrected chi connectivity index (χ3v) is 5.73. The van der Waals surface area contributed by atoms with Gasteiger partial charge in [0.05, 0.1) is 36.4 Å². The molecule has 2 aromatic heterocycles. The molecule has 32 heavy (non-hydrogen) atoms. The third-order valence-electron chi connectivity index (χ3n) is 4.77. The van der Waals surface area contributed by atoms with Crippen molar-refractivity contribution in [2.45, 2.75) is 30.8 Å². The normalized spacial score (nSPS) is 11.1. The number of nitrogens with zero attached hydrogens (tertiary/aromatic N) is 4. The summed E-state index contributed by atoms with van der Waals surface area (Å²) in [7, 11) is 3.10. The molecule has 0 fully saturated rings. The van der Waals surface area contributed by atoms with Gasteiger partial charge in [-0.25, -0.2) is 9.37 Å². The van der Waals surface area contributed by atoms with E-state index in [0.29, 0.717) is 51.7 Å². The first-order valence-electron chi connectivity index (χ1n) is 9.92. The summed E-state index contributed by atoms with van der Waals surface area (Å²) in [5.41, 5.74) is 0.811. The fourth-order valence-corrected chi connectivity index (χ4v) is 4.18. The van der Waals surface area contributed by atoms with Crippen molar-refractivity contribution in [3.8, 4) is 22.9 Å². The topological polar surface area (TPSA) is 92.3 Å². The van der Waals surface area contributed by atoms with E-state index in [0.717, 1.165) is 6.42 Å². The van der Waals surface area contributed by atoms with E-state index in [1.165, 1.54) is 30.0 Å². The maximum atomic E-state index is 13.6. The van der Waals surface area contributed by atoms with E-state index < -0.39 is 5.82 Å². The predicted octanol–water partition coefficient (Wildman–Crippen LogP) is 4.31. The standard InChI is InChI=1S/C22H21FN4O4S/c1-4-10-27-21(28)15-11-13(23)8-9-16(15)24-22(27)32-12-18-25-20(26-31-18)14-6-5-7-17(29-2)19(14)30-3/h5-9,11H,4,10,12H2,1-3H3. The molecule has 0 aliphatic heterocycles. The van der Waals surface area contributed by atoms with Gasteiger partial charge < -0.3 is 14.0 Å². The number of hydrogen-bond acceptors (Lipinski definition) is 8. The zero-order chi connectivity index (χ0) is 22.7. The van der Waals surface area contributed by atoms with Gasteiger partial charge in [0.2, 0.25) is 11.7 Å². The highest BCUT2D eigenvalue weighted by Gasteiger charge is 2.18. The van der Waals surface area contributed by atoms with E-state index in [1.54, 1.807) is 24.9 Å². The van der Waals surface area contributed by atoms with Crippen molar-refractivity contribution < 1.29 is 18.4 Å². The molecule has 0 N–H and O–H groups in total. The van der Waals surface area contributed by atoms with Crippen LogP contribution in [0.25, 0.3) is 22.3 Å². The van der Waals surface area contributed by atoms with E-state index in [1.807, 2.05) is 19.1 Å². The molecular formula is C22H21FN4O4S. The molecule has 4 aromatic rings. The highest BCUT2D eigenvalue weighted by molar-refractivity contribution is 7.98. The molecule has 0 saturated heterocycles. The van der Waals surface area contributed by atoms with E-state index in [4.69, 9.17) is 14.0 Å². The fourth-order valence-electron chi connectivity index (χ4n) is 3.32. The van der Waals surface area contributed by atoms with E-state index in [-0.39, 0.29) is 10.9 Å². The lowest BCUT2D eigenvalue weighted by molar-refractivity contribution is 0.355. The molecule has 0 aliphatic rings. The fraction of sp³-hybridized carbons (Fsp3) is 0.273. The third kappa shape index (κ3) is 4.18. The summed E-state index contributed by atoms with van der Waals surface area (Å²) in [5.74, 6) is 1.64. The Balaban J connectivity index is 1.63. The Morgan fingerprint density at radius 2 is 2.00 bits per heavy atom. The Bertz CT molecular complexity index is 1320. The van der Waals surface area contributed by atoms with Gasteiger partial charge in [0.25, 0.3) is 5.56 Å². The monoisotopic (exact) mass is 456 g/mol. The van der Waals surface area contributed by atoms with Crippen LogP contribution < -0.4 is 15.0 Å². The van der Waals surface area contributed by atoms with Gasteiger partial charge in [-0.2, -0.15) is 4.98 Å². The van der Waals surface area contributed by atoms with Gasteiger partial charge in [0.15, 0.2) is 16.7 Å². The summed E-state index contributed by atoms with van der Waals surface area (Å²) in [6.07, 6.45) is 0.732. The molecule has 0 radical (unpaired) electrons. The number of hydrogen-bond donors (Lipinski definition) is 0. The van der Waals surface area contributed by atoms with Crippen LogP contribution in [0.5, 0.6) is 11.5 Å². The van der Waals surface area contributed by atoms with Gasteiger partial charge in [-0.15, -0.1) is 0 Å².